The molecule has 108 valence electrons. The first-order valence-electron chi connectivity index (χ1n) is 6.66. The minimum Gasteiger partial charge on any atom is -0.465 e. The van der Waals surface area contributed by atoms with Crippen LogP contribution in [0.15, 0.2) is 32.0 Å². The molecule has 0 aliphatic carbocycles. The lowest BCUT2D eigenvalue weighted by Crippen LogP contribution is -2.24. The average molecular weight is 340 g/mol. The highest BCUT2D eigenvalue weighted by Gasteiger charge is 2.09. The number of aromatic nitrogens is 2. The van der Waals surface area contributed by atoms with Crippen LogP contribution in [-0.4, -0.2) is 9.78 Å². The monoisotopic (exact) mass is 339 g/mol. The molecule has 5 nitrogen and oxygen atoms in total. The van der Waals surface area contributed by atoms with Crippen LogP contribution in [0, 0.1) is 6.92 Å². The molecule has 0 saturated carbocycles. The second-order valence-corrected chi connectivity index (χ2v) is 5.41. The van der Waals surface area contributed by atoms with E-state index in [0.717, 1.165) is 24.4 Å². The van der Waals surface area contributed by atoms with E-state index in [1.54, 1.807) is 6.20 Å². The summed E-state index contributed by atoms with van der Waals surface area (Å²) in [6.07, 6.45) is 3.64. The average Bonchev–Trinajstić information content (AvgIpc) is 2.85. The lowest BCUT2D eigenvalue weighted by molar-refractivity contribution is 0.490. The molecule has 0 saturated heterocycles. The van der Waals surface area contributed by atoms with Crippen molar-refractivity contribution in [2.75, 3.05) is 5.32 Å². The molecule has 0 atom stereocenters. The smallest absolute Gasteiger partial charge is 0.283 e. The van der Waals surface area contributed by atoms with E-state index in [9.17, 15) is 4.79 Å². The van der Waals surface area contributed by atoms with Gasteiger partial charge in [-0.3, -0.25) is 4.79 Å². The van der Waals surface area contributed by atoms with Gasteiger partial charge in [-0.25, -0.2) is 4.68 Å². The van der Waals surface area contributed by atoms with E-state index >= 15 is 0 Å². The summed E-state index contributed by atoms with van der Waals surface area (Å²) in [5, 5.41) is 7.33. The zero-order chi connectivity index (χ0) is 14.5. The summed E-state index contributed by atoms with van der Waals surface area (Å²) in [6.45, 7) is 5.15. The van der Waals surface area contributed by atoms with E-state index in [1.165, 1.54) is 4.68 Å². The fraction of sp³-hybridized carbons (Fsp3) is 0.429. The summed E-state index contributed by atoms with van der Waals surface area (Å²) < 4.78 is 7.46. The van der Waals surface area contributed by atoms with E-state index in [1.807, 2.05) is 19.1 Å². The molecular formula is C14H18BrN3O2. The van der Waals surface area contributed by atoms with E-state index in [-0.39, 0.29) is 5.56 Å². The highest BCUT2D eigenvalue weighted by atomic mass is 79.9. The standard InChI is InChI=1S/C14H18BrN3O2/c1-3-4-7-18-14(19)13(15)12(9-17-18)16-8-11-6-5-10(2)20-11/h5-6,9,16H,3-4,7-8H2,1-2H3. The van der Waals surface area contributed by atoms with Gasteiger partial charge in [-0.15, -0.1) is 0 Å². The maximum atomic E-state index is 12.1. The summed E-state index contributed by atoms with van der Waals surface area (Å²) in [6, 6.07) is 3.82. The molecular weight excluding hydrogens is 322 g/mol. The SMILES string of the molecule is CCCCn1ncc(NCc2ccc(C)o2)c(Br)c1=O. The Bertz CT molecular complexity index is 634. The maximum Gasteiger partial charge on any atom is 0.283 e. The van der Waals surface area contributed by atoms with Crippen molar-refractivity contribution in [2.24, 2.45) is 0 Å². The van der Waals surface area contributed by atoms with E-state index in [2.05, 4.69) is 33.3 Å². The van der Waals surface area contributed by atoms with Gasteiger partial charge >= 0.3 is 0 Å². The van der Waals surface area contributed by atoms with Crippen LogP contribution in [-0.2, 0) is 13.1 Å². The highest BCUT2D eigenvalue weighted by molar-refractivity contribution is 9.10. The first-order chi connectivity index (χ1) is 9.61. The predicted molar refractivity (Wildman–Crippen MR) is 81.9 cm³/mol. The number of hydrogen-bond donors (Lipinski definition) is 1. The van der Waals surface area contributed by atoms with Gasteiger partial charge < -0.3 is 9.73 Å². The third kappa shape index (κ3) is 3.50. The van der Waals surface area contributed by atoms with Crippen molar-refractivity contribution in [3.05, 3.63) is 44.7 Å². The molecule has 0 fully saturated rings. The Labute approximate surface area is 126 Å². The zero-order valence-electron chi connectivity index (χ0n) is 11.6. The van der Waals surface area contributed by atoms with Crippen LogP contribution in [0.4, 0.5) is 5.69 Å². The van der Waals surface area contributed by atoms with Crippen LogP contribution >= 0.6 is 15.9 Å². The van der Waals surface area contributed by atoms with Crippen molar-refractivity contribution < 1.29 is 4.42 Å². The van der Waals surface area contributed by atoms with Gasteiger partial charge in [0.25, 0.3) is 5.56 Å². The molecule has 0 bridgehead atoms. The van der Waals surface area contributed by atoms with Crippen molar-refractivity contribution in [3.63, 3.8) is 0 Å². The minimum absolute atomic E-state index is 0.112. The zero-order valence-corrected chi connectivity index (χ0v) is 13.2. The first-order valence-corrected chi connectivity index (χ1v) is 7.46. The number of rotatable bonds is 6. The summed E-state index contributed by atoms with van der Waals surface area (Å²) in [5.74, 6) is 1.69. The molecule has 0 unspecified atom stereocenters. The molecule has 2 aromatic heterocycles. The van der Waals surface area contributed by atoms with Crippen LogP contribution in [0.25, 0.3) is 0 Å². The molecule has 0 spiro atoms. The number of halogens is 1. The predicted octanol–water partition coefficient (Wildman–Crippen LogP) is 3.32. The topological polar surface area (TPSA) is 60.1 Å². The van der Waals surface area contributed by atoms with Gasteiger partial charge in [0.05, 0.1) is 18.4 Å². The highest BCUT2D eigenvalue weighted by Crippen LogP contribution is 2.18. The molecule has 2 heterocycles. The summed E-state index contributed by atoms with van der Waals surface area (Å²) >= 11 is 3.34. The minimum atomic E-state index is -0.112. The summed E-state index contributed by atoms with van der Waals surface area (Å²) in [7, 11) is 0. The van der Waals surface area contributed by atoms with Gasteiger partial charge in [0, 0.05) is 6.54 Å². The Morgan fingerprint density at radius 3 is 2.90 bits per heavy atom. The Morgan fingerprint density at radius 1 is 1.45 bits per heavy atom. The normalized spacial score (nSPS) is 10.8. The number of nitrogens with zero attached hydrogens (tertiary/aromatic N) is 2. The van der Waals surface area contributed by atoms with Gasteiger partial charge in [-0.1, -0.05) is 13.3 Å². The van der Waals surface area contributed by atoms with Crippen molar-refractivity contribution in [3.8, 4) is 0 Å². The van der Waals surface area contributed by atoms with E-state index < -0.39 is 0 Å². The van der Waals surface area contributed by atoms with Gasteiger partial charge in [0.15, 0.2) is 0 Å². The molecule has 2 aromatic rings. The van der Waals surface area contributed by atoms with Gasteiger partial charge in [0.1, 0.15) is 16.0 Å². The van der Waals surface area contributed by atoms with Gasteiger partial charge in [-0.05, 0) is 41.4 Å². The van der Waals surface area contributed by atoms with Gasteiger partial charge in [0.2, 0.25) is 0 Å². The second kappa shape index (κ2) is 6.74. The summed E-state index contributed by atoms with van der Waals surface area (Å²) in [5.41, 5.74) is 0.566. The van der Waals surface area contributed by atoms with Crippen molar-refractivity contribution in [2.45, 2.75) is 39.8 Å². The van der Waals surface area contributed by atoms with Crippen molar-refractivity contribution >= 4 is 21.6 Å². The Kier molecular flexibility index (Phi) is 5.00. The molecule has 2 rings (SSSR count). The molecule has 0 radical (unpaired) electrons. The maximum absolute atomic E-state index is 12.1. The third-order valence-corrected chi connectivity index (χ3v) is 3.72. The Balaban J connectivity index is 2.09. The number of nitrogens with one attached hydrogen (secondary N) is 1. The molecule has 6 heteroatoms. The van der Waals surface area contributed by atoms with Crippen LogP contribution < -0.4 is 10.9 Å². The second-order valence-electron chi connectivity index (χ2n) is 4.62. The fourth-order valence-corrected chi connectivity index (χ4v) is 2.27. The quantitative estimate of drug-likeness (QED) is 0.876. The molecule has 1 N–H and O–H groups in total. The molecule has 0 aliphatic rings. The molecule has 0 aromatic carbocycles. The van der Waals surface area contributed by atoms with Crippen molar-refractivity contribution in [1.82, 2.24) is 9.78 Å². The number of aryl methyl sites for hydroxylation is 2. The van der Waals surface area contributed by atoms with Crippen LogP contribution in [0.1, 0.15) is 31.3 Å². The molecule has 20 heavy (non-hydrogen) atoms. The lowest BCUT2D eigenvalue weighted by Gasteiger charge is -2.09. The van der Waals surface area contributed by atoms with Crippen LogP contribution in [0.3, 0.4) is 0 Å². The Morgan fingerprint density at radius 2 is 2.25 bits per heavy atom. The Hall–Kier alpha value is -1.56. The number of hydrogen-bond acceptors (Lipinski definition) is 4. The van der Waals surface area contributed by atoms with Crippen LogP contribution in [0.5, 0.6) is 0 Å². The lowest BCUT2D eigenvalue weighted by atomic mass is 10.3. The fourth-order valence-electron chi connectivity index (χ4n) is 1.82. The number of anilines is 1. The number of furan rings is 1. The first kappa shape index (κ1) is 14.8. The molecule has 0 aliphatic heterocycles. The van der Waals surface area contributed by atoms with Gasteiger partial charge in [-0.2, -0.15) is 5.10 Å². The van der Waals surface area contributed by atoms with E-state index in [0.29, 0.717) is 23.2 Å². The van der Waals surface area contributed by atoms with Crippen molar-refractivity contribution in [1.29, 1.82) is 0 Å². The van der Waals surface area contributed by atoms with E-state index in [4.69, 9.17) is 4.42 Å². The third-order valence-electron chi connectivity index (χ3n) is 2.96. The number of unbranched alkanes of at least 4 members (excludes halogenated alkanes) is 1. The van der Waals surface area contributed by atoms with Crippen LogP contribution in [0.2, 0.25) is 0 Å². The largest absolute Gasteiger partial charge is 0.465 e. The molecule has 0 amide bonds. The summed E-state index contributed by atoms with van der Waals surface area (Å²) in [4.78, 5) is 12.1.